The van der Waals surface area contributed by atoms with Gasteiger partial charge in [-0.05, 0) is 23.8 Å². The Kier molecular flexibility index (Phi) is 7.94. The number of thioether (sulfide) groups is 1. The second-order valence-corrected chi connectivity index (χ2v) is 6.84. The summed E-state index contributed by atoms with van der Waals surface area (Å²) in [5.41, 5.74) is 1.91. The van der Waals surface area contributed by atoms with Gasteiger partial charge in [0.1, 0.15) is 5.75 Å². The fourth-order valence-electron chi connectivity index (χ4n) is 2.36. The summed E-state index contributed by atoms with van der Waals surface area (Å²) >= 11 is 7.49. The molecule has 0 atom stereocenters. The van der Waals surface area contributed by atoms with E-state index >= 15 is 0 Å². The van der Waals surface area contributed by atoms with Crippen molar-refractivity contribution >= 4 is 29.3 Å². The van der Waals surface area contributed by atoms with Crippen LogP contribution in [0.25, 0.3) is 0 Å². The van der Waals surface area contributed by atoms with Crippen LogP contribution in [0.2, 0.25) is 5.02 Å². The second kappa shape index (κ2) is 10.2. The number of rotatable bonds is 9. The van der Waals surface area contributed by atoms with Crippen LogP contribution in [0.15, 0.2) is 36.4 Å². The van der Waals surface area contributed by atoms with Gasteiger partial charge in [-0.1, -0.05) is 23.7 Å². The van der Waals surface area contributed by atoms with Crippen molar-refractivity contribution in [2.75, 3.05) is 27.1 Å². The summed E-state index contributed by atoms with van der Waals surface area (Å²) in [7, 11) is 4.71. The van der Waals surface area contributed by atoms with Crippen LogP contribution < -0.4 is 19.5 Å². The normalized spacial score (nSPS) is 10.3. The van der Waals surface area contributed by atoms with Crippen molar-refractivity contribution < 1.29 is 19.0 Å². The van der Waals surface area contributed by atoms with Crippen LogP contribution in [0.1, 0.15) is 11.1 Å². The molecule has 1 amide bonds. The molecule has 0 aliphatic rings. The van der Waals surface area contributed by atoms with Crippen LogP contribution in [0, 0.1) is 0 Å². The van der Waals surface area contributed by atoms with Gasteiger partial charge in [-0.25, -0.2) is 0 Å². The van der Waals surface area contributed by atoms with Crippen molar-refractivity contribution in [2.45, 2.75) is 12.3 Å². The van der Waals surface area contributed by atoms with Crippen LogP contribution in [-0.4, -0.2) is 33.0 Å². The van der Waals surface area contributed by atoms with Crippen molar-refractivity contribution in [3.63, 3.8) is 0 Å². The minimum Gasteiger partial charge on any atom is -0.496 e. The Hall–Kier alpha value is -2.05. The molecule has 0 unspecified atom stereocenters. The van der Waals surface area contributed by atoms with Crippen molar-refractivity contribution in [3.8, 4) is 17.2 Å². The number of halogens is 1. The monoisotopic (exact) mass is 395 g/mol. The highest BCUT2D eigenvalue weighted by Crippen LogP contribution is 2.34. The van der Waals surface area contributed by atoms with Crippen LogP contribution in [-0.2, 0) is 17.1 Å². The van der Waals surface area contributed by atoms with E-state index in [1.165, 1.54) is 11.8 Å². The maximum Gasteiger partial charge on any atom is 0.230 e. The first kappa shape index (κ1) is 20.3. The summed E-state index contributed by atoms with van der Waals surface area (Å²) in [6, 6.07) is 11.2. The van der Waals surface area contributed by atoms with Gasteiger partial charge in [0.2, 0.25) is 5.91 Å². The second-order valence-electron chi connectivity index (χ2n) is 5.42. The number of hydrogen-bond acceptors (Lipinski definition) is 5. The molecule has 5 nitrogen and oxygen atoms in total. The van der Waals surface area contributed by atoms with Crippen LogP contribution >= 0.6 is 23.4 Å². The van der Waals surface area contributed by atoms with Gasteiger partial charge in [-0.3, -0.25) is 4.79 Å². The Morgan fingerprint density at radius 3 is 2.38 bits per heavy atom. The summed E-state index contributed by atoms with van der Waals surface area (Å²) in [6.45, 7) is 0.347. The Labute approximate surface area is 163 Å². The van der Waals surface area contributed by atoms with E-state index in [1.54, 1.807) is 33.5 Å². The lowest BCUT2D eigenvalue weighted by Crippen LogP contribution is -2.25. The van der Waals surface area contributed by atoms with Crippen molar-refractivity contribution in [1.29, 1.82) is 0 Å². The fraction of sp³-hybridized carbons (Fsp3) is 0.316. The highest BCUT2D eigenvalue weighted by molar-refractivity contribution is 7.99. The zero-order valence-electron chi connectivity index (χ0n) is 15.0. The van der Waals surface area contributed by atoms with E-state index in [0.717, 1.165) is 16.9 Å². The lowest BCUT2D eigenvalue weighted by Gasteiger charge is -2.14. The summed E-state index contributed by atoms with van der Waals surface area (Å²) in [5, 5.41) is 3.60. The number of carbonyl (C=O) groups excluding carboxylic acids is 1. The lowest BCUT2D eigenvalue weighted by atomic mass is 10.1. The number of hydrogen-bond donors (Lipinski definition) is 1. The van der Waals surface area contributed by atoms with Gasteiger partial charge in [-0.15, -0.1) is 11.8 Å². The van der Waals surface area contributed by atoms with E-state index in [-0.39, 0.29) is 5.91 Å². The van der Waals surface area contributed by atoms with E-state index in [0.29, 0.717) is 34.6 Å². The highest BCUT2D eigenvalue weighted by atomic mass is 35.5. The average molecular weight is 396 g/mol. The first-order valence-electron chi connectivity index (χ1n) is 7.95. The van der Waals surface area contributed by atoms with Crippen LogP contribution in [0.4, 0.5) is 0 Å². The van der Waals surface area contributed by atoms with Gasteiger partial charge in [-0.2, -0.15) is 0 Å². The summed E-state index contributed by atoms with van der Waals surface area (Å²) in [6.07, 6.45) is 0. The number of carbonyl (C=O) groups is 1. The van der Waals surface area contributed by atoms with Gasteiger partial charge in [0, 0.05) is 29.0 Å². The molecular weight excluding hydrogens is 374 g/mol. The predicted molar refractivity (Wildman–Crippen MR) is 106 cm³/mol. The molecule has 7 heteroatoms. The van der Waals surface area contributed by atoms with Crippen LogP contribution in [0.3, 0.4) is 0 Å². The number of methoxy groups -OCH3 is 3. The Morgan fingerprint density at radius 2 is 1.73 bits per heavy atom. The van der Waals surface area contributed by atoms with E-state index < -0.39 is 0 Å². The topological polar surface area (TPSA) is 56.8 Å². The molecule has 2 aromatic carbocycles. The molecule has 0 saturated heterocycles. The molecule has 0 saturated carbocycles. The molecule has 1 N–H and O–H groups in total. The number of ether oxygens (including phenoxy) is 3. The average Bonchev–Trinajstić information content (AvgIpc) is 2.65. The molecule has 0 aliphatic heterocycles. The molecule has 2 aromatic rings. The Morgan fingerprint density at radius 1 is 1.04 bits per heavy atom. The molecule has 0 spiro atoms. The zero-order chi connectivity index (χ0) is 18.9. The van der Waals surface area contributed by atoms with E-state index in [9.17, 15) is 4.79 Å². The maximum absolute atomic E-state index is 12.1. The summed E-state index contributed by atoms with van der Waals surface area (Å²) in [5.74, 6) is 2.85. The Balaban J connectivity index is 1.88. The van der Waals surface area contributed by atoms with E-state index in [4.69, 9.17) is 25.8 Å². The SMILES string of the molecule is COc1cc(OC)c(OC)cc1CNC(=O)CSCc1cccc(Cl)c1. The Bertz CT molecular complexity index is 754. The minimum absolute atomic E-state index is 0.0473. The molecule has 26 heavy (non-hydrogen) atoms. The number of nitrogens with one attached hydrogen (secondary N) is 1. The lowest BCUT2D eigenvalue weighted by molar-refractivity contribution is -0.118. The molecule has 0 radical (unpaired) electrons. The van der Waals surface area contributed by atoms with Crippen molar-refractivity contribution in [3.05, 3.63) is 52.5 Å². The first-order chi connectivity index (χ1) is 12.6. The smallest absolute Gasteiger partial charge is 0.230 e. The molecule has 0 aliphatic carbocycles. The van der Waals surface area contributed by atoms with Gasteiger partial charge >= 0.3 is 0 Å². The highest BCUT2D eigenvalue weighted by Gasteiger charge is 2.12. The largest absolute Gasteiger partial charge is 0.496 e. The third-order valence-corrected chi connectivity index (χ3v) is 4.89. The molecule has 140 valence electrons. The van der Waals surface area contributed by atoms with Gasteiger partial charge in [0.15, 0.2) is 11.5 Å². The molecule has 0 fully saturated rings. The van der Waals surface area contributed by atoms with E-state index in [2.05, 4.69) is 5.32 Å². The van der Waals surface area contributed by atoms with Crippen molar-refractivity contribution in [1.82, 2.24) is 5.32 Å². The van der Waals surface area contributed by atoms with E-state index in [1.807, 2.05) is 24.3 Å². The summed E-state index contributed by atoms with van der Waals surface area (Å²) < 4.78 is 15.9. The molecule has 0 heterocycles. The van der Waals surface area contributed by atoms with Crippen molar-refractivity contribution in [2.24, 2.45) is 0 Å². The van der Waals surface area contributed by atoms with Gasteiger partial charge < -0.3 is 19.5 Å². The standard InChI is InChI=1S/C19H22ClNO4S/c1-23-16-9-18(25-3)17(24-2)8-14(16)10-21-19(22)12-26-11-13-5-4-6-15(20)7-13/h4-9H,10-12H2,1-3H3,(H,21,22). The quantitative estimate of drug-likeness (QED) is 0.697. The number of benzene rings is 2. The third-order valence-electron chi connectivity index (χ3n) is 3.65. The van der Waals surface area contributed by atoms with Gasteiger partial charge in [0.25, 0.3) is 0 Å². The minimum atomic E-state index is -0.0473. The van der Waals surface area contributed by atoms with Crippen LogP contribution in [0.5, 0.6) is 17.2 Å². The third kappa shape index (κ3) is 5.75. The number of amides is 1. The predicted octanol–water partition coefficient (Wildman–Crippen LogP) is 3.92. The zero-order valence-corrected chi connectivity index (χ0v) is 16.6. The van der Waals surface area contributed by atoms with Gasteiger partial charge in [0.05, 0.1) is 27.1 Å². The summed E-state index contributed by atoms with van der Waals surface area (Å²) in [4.78, 5) is 12.1. The molecular formula is C19H22ClNO4S. The molecule has 0 aromatic heterocycles. The fourth-order valence-corrected chi connectivity index (χ4v) is 3.38. The maximum atomic E-state index is 12.1. The molecule has 2 rings (SSSR count). The molecule has 0 bridgehead atoms. The first-order valence-corrected chi connectivity index (χ1v) is 9.48.